The Morgan fingerprint density at radius 2 is 1.93 bits per heavy atom. The maximum atomic E-state index is 12.0. The lowest BCUT2D eigenvalue weighted by Gasteiger charge is -2.18. The molecule has 4 heteroatoms. The summed E-state index contributed by atoms with van der Waals surface area (Å²) in [6, 6.07) is 1.73. The Labute approximate surface area is 97.6 Å². The fourth-order valence-corrected chi connectivity index (χ4v) is 2.22. The smallest absolute Gasteiger partial charge is 0.257 e. The first-order valence-electron chi connectivity index (χ1n) is 5.31. The summed E-state index contributed by atoms with van der Waals surface area (Å²) in [6.45, 7) is 1.75. The van der Waals surface area contributed by atoms with Crippen molar-refractivity contribution in [2.75, 3.05) is 13.1 Å². The molecule has 0 radical (unpaired) electrons. The van der Waals surface area contributed by atoms with E-state index >= 15 is 0 Å². The molecule has 1 fully saturated rings. The van der Waals surface area contributed by atoms with Gasteiger partial charge in [-0.05, 0) is 28.8 Å². The minimum Gasteiger partial charge on any atom is -0.457 e. The van der Waals surface area contributed by atoms with Crippen LogP contribution in [0.15, 0.2) is 21.4 Å². The largest absolute Gasteiger partial charge is 0.457 e. The molecule has 15 heavy (non-hydrogen) atoms. The number of likely N-dealkylation sites (tertiary alicyclic amines) is 1. The number of amides is 1. The Bertz CT molecular complexity index is 340. The highest BCUT2D eigenvalue weighted by Gasteiger charge is 2.18. The lowest BCUT2D eigenvalue weighted by Crippen LogP contribution is -2.31. The van der Waals surface area contributed by atoms with Gasteiger partial charge in [0, 0.05) is 19.2 Å². The molecule has 82 valence electrons. The van der Waals surface area contributed by atoms with Crippen molar-refractivity contribution in [2.24, 2.45) is 0 Å². The molecular weight excluding hydrogens is 258 g/mol. The maximum absolute atomic E-state index is 12.0. The lowest BCUT2D eigenvalue weighted by molar-refractivity contribution is 0.0761. The van der Waals surface area contributed by atoms with Gasteiger partial charge in [-0.3, -0.25) is 4.79 Å². The van der Waals surface area contributed by atoms with Crippen molar-refractivity contribution < 1.29 is 9.21 Å². The zero-order valence-corrected chi connectivity index (χ0v) is 10.1. The highest BCUT2D eigenvalue weighted by atomic mass is 79.9. The van der Waals surface area contributed by atoms with Gasteiger partial charge < -0.3 is 9.32 Å². The van der Waals surface area contributed by atoms with Gasteiger partial charge in [-0.15, -0.1) is 0 Å². The zero-order valence-electron chi connectivity index (χ0n) is 8.54. The van der Waals surface area contributed by atoms with Gasteiger partial charge in [0.05, 0.1) is 5.56 Å². The molecule has 0 N–H and O–H groups in total. The summed E-state index contributed by atoms with van der Waals surface area (Å²) < 4.78 is 5.69. The van der Waals surface area contributed by atoms with E-state index in [-0.39, 0.29) is 5.91 Å². The summed E-state index contributed by atoms with van der Waals surface area (Å²) in [4.78, 5) is 13.9. The highest BCUT2D eigenvalue weighted by molar-refractivity contribution is 9.10. The number of furan rings is 1. The second-order valence-electron chi connectivity index (χ2n) is 3.85. The molecule has 1 aliphatic rings. The minimum absolute atomic E-state index is 0.0892. The summed E-state index contributed by atoms with van der Waals surface area (Å²) in [5.74, 6) is 0.0892. The van der Waals surface area contributed by atoms with E-state index in [1.807, 2.05) is 4.90 Å². The van der Waals surface area contributed by atoms with Gasteiger partial charge in [-0.1, -0.05) is 12.8 Å². The third kappa shape index (κ3) is 2.62. The Kier molecular flexibility index (Phi) is 3.46. The van der Waals surface area contributed by atoms with Crippen molar-refractivity contribution >= 4 is 21.8 Å². The van der Waals surface area contributed by atoms with Gasteiger partial charge in [0.15, 0.2) is 4.67 Å². The van der Waals surface area contributed by atoms with E-state index in [4.69, 9.17) is 4.42 Å². The van der Waals surface area contributed by atoms with Crippen molar-refractivity contribution in [1.82, 2.24) is 4.90 Å². The predicted molar refractivity (Wildman–Crippen MR) is 60.8 cm³/mol. The molecule has 3 nitrogen and oxygen atoms in total. The molecule has 0 spiro atoms. The number of carbonyl (C=O) groups is 1. The van der Waals surface area contributed by atoms with Crippen LogP contribution in [0.5, 0.6) is 0 Å². The highest BCUT2D eigenvalue weighted by Crippen LogP contribution is 2.18. The fourth-order valence-electron chi connectivity index (χ4n) is 1.88. The predicted octanol–water partition coefficient (Wildman–Crippen LogP) is 3.06. The first-order valence-corrected chi connectivity index (χ1v) is 6.10. The van der Waals surface area contributed by atoms with Crippen molar-refractivity contribution in [3.05, 3.63) is 22.6 Å². The Morgan fingerprint density at radius 1 is 1.27 bits per heavy atom. The number of rotatable bonds is 1. The first-order chi connectivity index (χ1) is 7.27. The second-order valence-corrected chi connectivity index (χ2v) is 4.63. The van der Waals surface area contributed by atoms with Gasteiger partial charge in [-0.25, -0.2) is 0 Å². The molecular formula is C11H14BrNO2. The molecule has 1 aromatic rings. The van der Waals surface area contributed by atoms with E-state index in [1.54, 1.807) is 6.07 Å². The van der Waals surface area contributed by atoms with Crippen molar-refractivity contribution in [1.29, 1.82) is 0 Å². The van der Waals surface area contributed by atoms with Gasteiger partial charge in [0.25, 0.3) is 5.91 Å². The van der Waals surface area contributed by atoms with Crippen molar-refractivity contribution in [2.45, 2.75) is 25.7 Å². The van der Waals surface area contributed by atoms with Gasteiger partial charge in [-0.2, -0.15) is 0 Å². The average molecular weight is 272 g/mol. The maximum Gasteiger partial charge on any atom is 0.257 e. The number of nitrogens with zero attached hydrogens (tertiary/aromatic N) is 1. The molecule has 2 rings (SSSR count). The van der Waals surface area contributed by atoms with Crippen LogP contribution in [0.3, 0.4) is 0 Å². The van der Waals surface area contributed by atoms with E-state index < -0.39 is 0 Å². The summed E-state index contributed by atoms with van der Waals surface area (Å²) in [5.41, 5.74) is 0.642. The average Bonchev–Trinajstić information content (AvgIpc) is 2.53. The molecule has 0 unspecified atom stereocenters. The summed E-state index contributed by atoms with van der Waals surface area (Å²) >= 11 is 3.20. The van der Waals surface area contributed by atoms with E-state index in [1.165, 1.54) is 19.1 Å². The van der Waals surface area contributed by atoms with Crippen molar-refractivity contribution in [3.63, 3.8) is 0 Å². The zero-order chi connectivity index (χ0) is 10.7. The quantitative estimate of drug-likeness (QED) is 0.787. The van der Waals surface area contributed by atoms with Crippen LogP contribution in [0.2, 0.25) is 0 Å². The molecule has 0 bridgehead atoms. The number of hydrogen-bond acceptors (Lipinski definition) is 2. The van der Waals surface area contributed by atoms with Crippen LogP contribution >= 0.6 is 15.9 Å². The monoisotopic (exact) mass is 271 g/mol. The van der Waals surface area contributed by atoms with Crippen LogP contribution in [0.1, 0.15) is 36.0 Å². The van der Waals surface area contributed by atoms with Gasteiger partial charge in [0.2, 0.25) is 0 Å². The molecule has 0 aromatic carbocycles. The first kappa shape index (κ1) is 10.7. The van der Waals surface area contributed by atoms with Gasteiger partial charge >= 0.3 is 0 Å². The van der Waals surface area contributed by atoms with E-state index in [0.29, 0.717) is 10.2 Å². The molecule has 2 heterocycles. The standard InChI is InChI=1S/C11H14BrNO2/c12-10-7-9(8-15-10)11(14)13-5-3-1-2-4-6-13/h7-8H,1-6H2. The van der Waals surface area contributed by atoms with E-state index in [9.17, 15) is 4.79 Å². The third-order valence-electron chi connectivity index (χ3n) is 2.71. The van der Waals surface area contributed by atoms with Gasteiger partial charge in [0.1, 0.15) is 6.26 Å². The molecule has 0 atom stereocenters. The van der Waals surface area contributed by atoms with Crippen LogP contribution in [-0.4, -0.2) is 23.9 Å². The molecule has 1 aromatic heterocycles. The fraction of sp³-hybridized carbons (Fsp3) is 0.545. The second kappa shape index (κ2) is 4.84. The summed E-state index contributed by atoms with van der Waals surface area (Å²) in [7, 11) is 0. The lowest BCUT2D eigenvalue weighted by atomic mass is 10.2. The van der Waals surface area contributed by atoms with E-state index in [2.05, 4.69) is 15.9 Å². The SMILES string of the molecule is O=C(c1coc(Br)c1)N1CCCCCC1. The van der Waals surface area contributed by atoms with Crippen LogP contribution in [-0.2, 0) is 0 Å². The Hall–Kier alpha value is -0.770. The molecule has 0 saturated carbocycles. The number of carbonyl (C=O) groups excluding carboxylic acids is 1. The normalized spacial score (nSPS) is 17.5. The number of halogens is 1. The van der Waals surface area contributed by atoms with Crippen LogP contribution in [0.4, 0.5) is 0 Å². The molecule has 1 saturated heterocycles. The van der Waals surface area contributed by atoms with Crippen LogP contribution in [0.25, 0.3) is 0 Å². The minimum atomic E-state index is 0.0892. The van der Waals surface area contributed by atoms with Crippen molar-refractivity contribution in [3.8, 4) is 0 Å². The van der Waals surface area contributed by atoms with E-state index in [0.717, 1.165) is 25.9 Å². The molecule has 1 aliphatic heterocycles. The topological polar surface area (TPSA) is 33.5 Å². The third-order valence-corrected chi connectivity index (χ3v) is 3.12. The Morgan fingerprint density at radius 3 is 2.47 bits per heavy atom. The summed E-state index contributed by atoms with van der Waals surface area (Å²) in [5, 5.41) is 0. The molecule has 1 amide bonds. The molecule has 0 aliphatic carbocycles. The van der Waals surface area contributed by atoms with Crippen LogP contribution in [0, 0.1) is 0 Å². The van der Waals surface area contributed by atoms with Crippen LogP contribution < -0.4 is 0 Å². The Balaban J connectivity index is 2.06. The summed E-state index contributed by atoms with van der Waals surface area (Å²) in [6.07, 6.45) is 6.21. The number of hydrogen-bond donors (Lipinski definition) is 0.